The summed E-state index contributed by atoms with van der Waals surface area (Å²) in [6, 6.07) is 15.9. The molecule has 2 aromatic carbocycles. The van der Waals surface area contributed by atoms with E-state index in [1.165, 1.54) is 30.4 Å². The molecule has 0 fully saturated rings. The Kier molecular flexibility index (Phi) is 5.39. The first-order valence-electron chi connectivity index (χ1n) is 7.26. The smallest absolute Gasteiger partial charge is 0.423 e. The Labute approximate surface area is 121 Å². The second kappa shape index (κ2) is 7.27. The van der Waals surface area contributed by atoms with Crippen LogP contribution in [-0.2, 0) is 6.42 Å². The van der Waals surface area contributed by atoms with Gasteiger partial charge in [0.15, 0.2) is 0 Å². The number of hydrogen-bond acceptors (Lipinski definition) is 2. The highest BCUT2D eigenvalue weighted by Gasteiger charge is 2.10. The van der Waals surface area contributed by atoms with Gasteiger partial charge in [-0.2, -0.15) is 0 Å². The maximum atomic E-state index is 9.11. The van der Waals surface area contributed by atoms with Crippen molar-refractivity contribution < 1.29 is 10.0 Å². The van der Waals surface area contributed by atoms with Crippen molar-refractivity contribution in [1.29, 1.82) is 0 Å². The maximum Gasteiger partial charge on any atom is 0.488 e. The molecule has 2 aromatic rings. The Morgan fingerprint density at radius 3 is 2.30 bits per heavy atom. The van der Waals surface area contributed by atoms with Crippen molar-refractivity contribution in [3.05, 3.63) is 54.1 Å². The van der Waals surface area contributed by atoms with Crippen LogP contribution < -0.4 is 5.46 Å². The van der Waals surface area contributed by atoms with Crippen molar-refractivity contribution in [2.45, 2.75) is 32.6 Å². The van der Waals surface area contributed by atoms with Crippen LogP contribution in [0.25, 0.3) is 11.1 Å². The molecule has 0 aliphatic carbocycles. The van der Waals surface area contributed by atoms with Crippen LogP contribution in [0.2, 0.25) is 0 Å². The van der Waals surface area contributed by atoms with E-state index in [0.717, 1.165) is 12.0 Å². The minimum absolute atomic E-state index is 0.521. The van der Waals surface area contributed by atoms with Gasteiger partial charge in [0.2, 0.25) is 0 Å². The molecule has 2 rings (SSSR count). The fraction of sp³-hybridized carbons (Fsp3) is 0.294. The molecule has 0 atom stereocenters. The van der Waals surface area contributed by atoms with E-state index < -0.39 is 7.12 Å². The highest BCUT2D eigenvalue weighted by Crippen LogP contribution is 2.20. The van der Waals surface area contributed by atoms with Crippen LogP contribution >= 0.6 is 0 Å². The van der Waals surface area contributed by atoms with Gasteiger partial charge in [0.05, 0.1) is 0 Å². The molecular formula is C17H21BO2. The SMILES string of the molecule is CCCCCc1cccc(-c2ccc(B(O)O)cc2)c1. The third kappa shape index (κ3) is 3.96. The average molecular weight is 268 g/mol. The van der Waals surface area contributed by atoms with E-state index in [2.05, 4.69) is 31.2 Å². The van der Waals surface area contributed by atoms with E-state index in [0.29, 0.717) is 5.46 Å². The van der Waals surface area contributed by atoms with Crippen molar-refractivity contribution in [3.8, 4) is 11.1 Å². The van der Waals surface area contributed by atoms with Crippen LogP contribution in [0.4, 0.5) is 0 Å². The molecule has 3 heteroatoms. The molecule has 0 aliphatic heterocycles. The molecular weight excluding hydrogens is 247 g/mol. The van der Waals surface area contributed by atoms with E-state index in [4.69, 9.17) is 10.0 Å². The molecule has 0 bridgehead atoms. The minimum Gasteiger partial charge on any atom is -0.423 e. The summed E-state index contributed by atoms with van der Waals surface area (Å²) in [5.74, 6) is 0. The summed E-state index contributed by atoms with van der Waals surface area (Å²) < 4.78 is 0. The largest absolute Gasteiger partial charge is 0.488 e. The van der Waals surface area contributed by atoms with Gasteiger partial charge in [0.25, 0.3) is 0 Å². The lowest BCUT2D eigenvalue weighted by Crippen LogP contribution is -2.29. The van der Waals surface area contributed by atoms with Crippen molar-refractivity contribution in [1.82, 2.24) is 0 Å². The van der Waals surface area contributed by atoms with Gasteiger partial charge >= 0.3 is 7.12 Å². The second-order valence-corrected chi connectivity index (χ2v) is 5.15. The topological polar surface area (TPSA) is 40.5 Å². The van der Waals surface area contributed by atoms with Gasteiger partial charge in [-0.15, -0.1) is 0 Å². The number of hydrogen-bond donors (Lipinski definition) is 2. The monoisotopic (exact) mass is 268 g/mol. The summed E-state index contributed by atoms with van der Waals surface area (Å²) in [6.45, 7) is 2.22. The normalized spacial score (nSPS) is 10.6. The molecule has 0 amide bonds. The first kappa shape index (κ1) is 14.8. The first-order valence-corrected chi connectivity index (χ1v) is 7.26. The number of aryl methyl sites for hydroxylation is 1. The fourth-order valence-corrected chi connectivity index (χ4v) is 2.33. The van der Waals surface area contributed by atoms with Crippen LogP contribution in [-0.4, -0.2) is 17.2 Å². The van der Waals surface area contributed by atoms with E-state index in [-0.39, 0.29) is 0 Å². The molecule has 2 nitrogen and oxygen atoms in total. The van der Waals surface area contributed by atoms with Gasteiger partial charge in [0.1, 0.15) is 0 Å². The van der Waals surface area contributed by atoms with Crippen LogP contribution in [0.15, 0.2) is 48.5 Å². The van der Waals surface area contributed by atoms with Crippen molar-refractivity contribution in [2.75, 3.05) is 0 Å². The lowest BCUT2D eigenvalue weighted by molar-refractivity contribution is 0.426. The number of benzene rings is 2. The van der Waals surface area contributed by atoms with Crippen LogP contribution in [0.3, 0.4) is 0 Å². The van der Waals surface area contributed by atoms with E-state index in [9.17, 15) is 0 Å². The van der Waals surface area contributed by atoms with E-state index in [1.54, 1.807) is 12.1 Å². The van der Waals surface area contributed by atoms with Gasteiger partial charge in [-0.1, -0.05) is 68.3 Å². The van der Waals surface area contributed by atoms with Crippen molar-refractivity contribution in [2.24, 2.45) is 0 Å². The lowest BCUT2D eigenvalue weighted by Gasteiger charge is -2.07. The molecule has 20 heavy (non-hydrogen) atoms. The Morgan fingerprint density at radius 2 is 1.65 bits per heavy atom. The van der Waals surface area contributed by atoms with Crippen molar-refractivity contribution >= 4 is 12.6 Å². The van der Waals surface area contributed by atoms with Crippen LogP contribution in [0.5, 0.6) is 0 Å². The number of unbranched alkanes of at least 4 members (excludes halogenated alkanes) is 2. The Morgan fingerprint density at radius 1 is 0.900 bits per heavy atom. The summed E-state index contributed by atoms with van der Waals surface area (Å²) >= 11 is 0. The van der Waals surface area contributed by atoms with E-state index >= 15 is 0 Å². The fourth-order valence-electron chi connectivity index (χ4n) is 2.33. The third-order valence-corrected chi connectivity index (χ3v) is 3.54. The van der Waals surface area contributed by atoms with Gasteiger partial charge in [-0.05, 0) is 35.0 Å². The molecule has 0 spiro atoms. The molecule has 104 valence electrons. The summed E-state index contributed by atoms with van der Waals surface area (Å²) in [7, 11) is -1.40. The molecule has 0 unspecified atom stereocenters. The lowest BCUT2D eigenvalue weighted by atomic mass is 9.80. The molecule has 2 N–H and O–H groups in total. The molecule has 0 saturated heterocycles. The zero-order valence-corrected chi connectivity index (χ0v) is 11.9. The summed E-state index contributed by atoms with van der Waals surface area (Å²) in [6.07, 6.45) is 4.86. The zero-order chi connectivity index (χ0) is 14.4. The van der Waals surface area contributed by atoms with Gasteiger partial charge in [0, 0.05) is 0 Å². The summed E-state index contributed by atoms with van der Waals surface area (Å²) in [5, 5.41) is 18.2. The molecule has 0 saturated carbocycles. The highest BCUT2D eigenvalue weighted by atomic mass is 16.4. The Balaban J connectivity index is 2.13. The average Bonchev–Trinajstić information content (AvgIpc) is 2.48. The van der Waals surface area contributed by atoms with Crippen LogP contribution in [0.1, 0.15) is 31.7 Å². The molecule has 0 heterocycles. The van der Waals surface area contributed by atoms with Crippen molar-refractivity contribution in [3.63, 3.8) is 0 Å². The predicted octanol–water partition coefficient (Wildman–Crippen LogP) is 2.77. The number of rotatable bonds is 6. The van der Waals surface area contributed by atoms with Gasteiger partial charge < -0.3 is 10.0 Å². The molecule has 0 aliphatic rings. The third-order valence-electron chi connectivity index (χ3n) is 3.54. The molecule has 0 aromatic heterocycles. The Bertz CT molecular complexity index is 535. The highest BCUT2D eigenvalue weighted by molar-refractivity contribution is 6.58. The maximum absolute atomic E-state index is 9.11. The summed E-state index contributed by atoms with van der Waals surface area (Å²) in [4.78, 5) is 0. The second-order valence-electron chi connectivity index (χ2n) is 5.15. The first-order chi connectivity index (χ1) is 9.70. The zero-order valence-electron chi connectivity index (χ0n) is 11.9. The van der Waals surface area contributed by atoms with Gasteiger partial charge in [-0.3, -0.25) is 0 Å². The quantitative estimate of drug-likeness (QED) is 0.624. The predicted molar refractivity (Wildman–Crippen MR) is 84.9 cm³/mol. The van der Waals surface area contributed by atoms with E-state index in [1.807, 2.05) is 12.1 Å². The summed E-state index contributed by atoms with van der Waals surface area (Å²) in [5.41, 5.74) is 4.17. The minimum atomic E-state index is -1.40. The molecule has 0 radical (unpaired) electrons. The van der Waals surface area contributed by atoms with Gasteiger partial charge in [-0.25, -0.2) is 0 Å². The van der Waals surface area contributed by atoms with Crippen LogP contribution in [0, 0.1) is 0 Å². The standard InChI is InChI=1S/C17H21BO2/c1-2-3-4-6-14-7-5-8-16(13-14)15-9-11-17(12-10-15)18(19)20/h5,7-13,19-20H,2-4,6H2,1H3. The Hall–Kier alpha value is -1.58.